The highest BCUT2D eigenvalue weighted by molar-refractivity contribution is 6.19. The molecule has 0 aromatic heterocycles. The summed E-state index contributed by atoms with van der Waals surface area (Å²) in [6.45, 7) is 0. The van der Waals surface area contributed by atoms with Gasteiger partial charge in [0.25, 0.3) is 5.91 Å². The molecule has 112 valence electrons. The van der Waals surface area contributed by atoms with E-state index in [0.717, 1.165) is 22.7 Å². The Morgan fingerprint density at radius 1 is 0.955 bits per heavy atom. The van der Waals surface area contributed by atoms with Crippen molar-refractivity contribution in [3.05, 3.63) is 65.7 Å². The van der Waals surface area contributed by atoms with Crippen molar-refractivity contribution in [1.29, 1.82) is 0 Å². The normalized spacial score (nSPS) is 15.1. The van der Waals surface area contributed by atoms with Crippen LogP contribution in [0.5, 0.6) is 0 Å². The Bertz CT molecular complexity index is 721. The molecule has 2 aromatic carbocycles. The van der Waals surface area contributed by atoms with Crippen molar-refractivity contribution >= 4 is 17.3 Å². The molecule has 0 radical (unpaired) electrons. The predicted octanol–water partition coefficient (Wildman–Crippen LogP) is 3.85. The van der Waals surface area contributed by atoms with E-state index < -0.39 is 11.7 Å². The molecule has 0 bridgehead atoms. The highest BCUT2D eigenvalue weighted by Gasteiger charge is 2.31. The number of carbonyl (C=O) groups excluding carboxylic acids is 1. The standard InChI is InChI=1S/C16H11F3N2O/c17-16(18,19)12-6-8-13(9-7-12)21-15(22)10-14(20-21)11-4-2-1-3-5-11/h1-9H,10H2. The minimum Gasteiger partial charge on any atom is -0.272 e. The van der Waals surface area contributed by atoms with Crippen LogP contribution < -0.4 is 5.01 Å². The van der Waals surface area contributed by atoms with E-state index in [0.29, 0.717) is 11.4 Å². The zero-order chi connectivity index (χ0) is 15.7. The van der Waals surface area contributed by atoms with E-state index >= 15 is 0 Å². The van der Waals surface area contributed by atoms with Crippen LogP contribution in [0, 0.1) is 0 Å². The Morgan fingerprint density at radius 2 is 1.59 bits per heavy atom. The summed E-state index contributed by atoms with van der Waals surface area (Å²) in [4.78, 5) is 12.0. The predicted molar refractivity (Wildman–Crippen MR) is 76.5 cm³/mol. The Balaban J connectivity index is 1.89. The van der Waals surface area contributed by atoms with Crippen LogP contribution in [0.15, 0.2) is 59.7 Å². The molecular formula is C16H11F3N2O. The van der Waals surface area contributed by atoms with Crippen LogP contribution in [-0.4, -0.2) is 11.6 Å². The van der Waals surface area contributed by atoms with Crippen molar-refractivity contribution in [2.24, 2.45) is 5.10 Å². The molecule has 0 saturated carbocycles. The number of carbonyl (C=O) groups is 1. The van der Waals surface area contributed by atoms with E-state index in [4.69, 9.17) is 0 Å². The summed E-state index contributed by atoms with van der Waals surface area (Å²) in [5, 5.41) is 5.36. The molecule has 3 rings (SSSR count). The molecule has 1 heterocycles. The number of nitrogens with zero attached hydrogens (tertiary/aromatic N) is 2. The van der Waals surface area contributed by atoms with Gasteiger partial charge in [0.2, 0.25) is 0 Å². The van der Waals surface area contributed by atoms with Crippen molar-refractivity contribution in [1.82, 2.24) is 0 Å². The molecule has 0 aliphatic carbocycles. The molecule has 0 unspecified atom stereocenters. The second-order valence-electron chi connectivity index (χ2n) is 4.84. The average molecular weight is 304 g/mol. The van der Waals surface area contributed by atoms with Crippen molar-refractivity contribution in [3.8, 4) is 0 Å². The second kappa shape index (κ2) is 5.29. The number of benzene rings is 2. The maximum atomic E-state index is 12.5. The maximum absolute atomic E-state index is 12.5. The largest absolute Gasteiger partial charge is 0.416 e. The fourth-order valence-corrected chi connectivity index (χ4v) is 2.21. The highest BCUT2D eigenvalue weighted by atomic mass is 19.4. The van der Waals surface area contributed by atoms with Crippen molar-refractivity contribution in [2.75, 3.05) is 5.01 Å². The molecule has 2 aromatic rings. The Labute approximate surface area is 124 Å². The summed E-state index contributed by atoms with van der Waals surface area (Å²) in [5.74, 6) is -0.265. The summed E-state index contributed by atoms with van der Waals surface area (Å²) in [6, 6.07) is 13.6. The van der Waals surface area contributed by atoms with Crippen LogP contribution in [-0.2, 0) is 11.0 Å². The smallest absolute Gasteiger partial charge is 0.272 e. The first-order valence-corrected chi connectivity index (χ1v) is 6.58. The summed E-state index contributed by atoms with van der Waals surface area (Å²) in [6.07, 6.45) is -4.27. The molecule has 0 spiro atoms. The lowest BCUT2D eigenvalue weighted by molar-refractivity contribution is -0.137. The van der Waals surface area contributed by atoms with Gasteiger partial charge in [-0.2, -0.15) is 18.3 Å². The van der Waals surface area contributed by atoms with Crippen LogP contribution >= 0.6 is 0 Å². The molecule has 3 nitrogen and oxygen atoms in total. The van der Waals surface area contributed by atoms with E-state index in [1.807, 2.05) is 30.3 Å². The van der Waals surface area contributed by atoms with Crippen molar-refractivity contribution in [2.45, 2.75) is 12.6 Å². The van der Waals surface area contributed by atoms with Gasteiger partial charge in [0.15, 0.2) is 0 Å². The Morgan fingerprint density at radius 3 is 2.18 bits per heavy atom. The minimum atomic E-state index is -4.40. The minimum absolute atomic E-state index is 0.130. The van der Waals surface area contributed by atoms with E-state index in [1.165, 1.54) is 12.1 Å². The number of amides is 1. The van der Waals surface area contributed by atoms with Crippen LogP contribution in [0.2, 0.25) is 0 Å². The molecule has 0 fully saturated rings. The molecule has 1 aliphatic heterocycles. The summed E-state index contributed by atoms with van der Waals surface area (Å²) >= 11 is 0. The number of hydrogen-bond acceptors (Lipinski definition) is 2. The van der Waals surface area contributed by atoms with Crippen LogP contribution in [0.1, 0.15) is 17.5 Å². The third-order valence-corrected chi connectivity index (χ3v) is 3.32. The van der Waals surface area contributed by atoms with E-state index in [1.54, 1.807) is 0 Å². The topological polar surface area (TPSA) is 32.7 Å². The van der Waals surface area contributed by atoms with Crippen LogP contribution in [0.3, 0.4) is 0 Å². The van der Waals surface area contributed by atoms with Gasteiger partial charge in [-0.3, -0.25) is 4.79 Å². The average Bonchev–Trinajstić information content (AvgIpc) is 2.89. The molecule has 1 aliphatic rings. The van der Waals surface area contributed by atoms with Crippen molar-refractivity contribution < 1.29 is 18.0 Å². The molecule has 0 N–H and O–H groups in total. The lowest BCUT2D eigenvalue weighted by Gasteiger charge is -2.13. The fraction of sp³-hybridized carbons (Fsp3) is 0.125. The second-order valence-corrected chi connectivity index (χ2v) is 4.84. The zero-order valence-electron chi connectivity index (χ0n) is 11.3. The first-order chi connectivity index (χ1) is 10.4. The number of alkyl halides is 3. The first-order valence-electron chi connectivity index (χ1n) is 6.58. The van der Waals surface area contributed by atoms with Gasteiger partial charge in [0, 0.05) is 0 Å². The number of anilines is 1. The highest BCUT2D eigenvalue weighted by Crippen LogP contribution is 2.31. The van der Waals surface area contributed by atoms with Crippen molar-refractivity contribution in [3.63, 3.8) is 0 Å². The number of rotatable bonds is 2. The summed E-state index contributed by atoms with van der Waals surface area (Å²) in [5.41, 5.74) is 0.995. The number of hydrazone groups is 1. The van der Waals surface area contributed by atoms with Crippen LogP contribution in [0.25, 0.3) is 0 Å². The molecular weight excluding hydrogens is 293 g/mol. The van der Waals surface area contributed by atoms with Gasteiger partial charge in [-0.05, 0) is 29.8 Å². The number of hydrogen-bond donors (Lipinski definition) is 0. The quantitative estimate of drug-likeness (QED) is 0.829. The molecule has 6 heteroatoms. The number of halogens is 3. The molecule has 1 amide bonds. The van der Waals surface area contributed by atoms with E-state index in [2.05, 4.69) is 5.10 Å². The monoisotopic (exact) mass is 304 g/mol. The maximum Gasteiger partial charge on any atom is 0.416 e. The first kappa shape index (κ1) is 14.3. The summed E-state index contributed by atoms with van der Waals surface area (Å²) in [7, 11) is 0. The van der Waals surface area contributed by atoms with E-state index in [-0.39, 0.29) is 12.3 Å². The Kier molecular flexibility index (Phi) is 3.44. The third kappa shape index (κ3) is 2.72. The van der Waals surface area contributed by atoms with Gasteiger partial charge in [0.05, 0.1) is 23.4 Å². The molecule has 0 atom stereocenters. The van der Waals surface area contributed by atoms with Gasteiger partial charge in [-0.15, -0.1) is 0 Å². The van der Waals surface area contributed by atoms with E-state index in [9.17, 15) is 18.0 Å². The zero-order valence-corrected chi connectivity index (χ0v) is 11.3. The SMILES string of the molecule is O=C1CC(c2ccccc2)=NN1c1ccc(C(F)(F)F)cc1. The fourth-order valence-electron chi connectivity index (χ4n) is 2.21. The van der Waals surface area contributed by atoms with Crippen LogP contribution in [0.4, 0.5) is 18.9 Å². The lowest BCUT2D eigenvalue weighted by Crippen LogP contribution is -2.19. The lowest BCUT2D eigenvalue weighted by atomic mass is 10.1. The third-order valence-electron chi connectivity index (χ3n) is 3.32. The van der Waals surface area contributed by atoms with Gasteiger partial charge in [0.1, 0.15) is 0 Å². The van der Waals surface area contributed by atoms with Gasteiger partial charge in [-0.25, -0.2) is 5.01 Å². The molecule has 22 heavy (non-hydrogen) atoms. The van der Waals surface area contributed by atoms with Gasteiger partial charge < -0.3 is 0 Å². The van der Waals surface area contributed by atoms with Gasteiger partial charge in [-0.1, -0.05) is 30.3 Å². The summed E-state index contributed by atoms with van der Waals surface area (Å²) < 4.78 is 37.6. The Hall–Kier alpha value is -2.63. The molecule has 0 saturated heterocycles. The van der Waals surface area contributed by atoms with Gasteiger partial charge >= 0.3 is 6.18 Å².